The van der Waals surface area contributed by atoms with Crippen molar-refractivity contribution >= 4 is 16.9 Å². The minimum absolute atomic E-state index is 0.117. The van der Waals surface area contributed by atoms with Crippen molar-refractivity contribution in [1.29, 1.82) is 0 Å². The second-order valence-electron chi connectivity index (χ2n) is 7.18. The number of fused-ring (bicyclic) bond motifs is 1. The third-order valence-corrected chi connectivity index (χ3v) is 4.91. The van der Waals surface area contributed by atoms with Gasteiger partial charge >= 0.3 is 5.97 Å². The van der Waals surface area contributed by atoms with Crippen LogP contribution in [0.15, 0.2) is 102 Å². The summed E-state index contributed by atoms with van der Waals surface area (Å²) in [6.45, 7) is 5.64. The molecular formula is C26H21NO3. The van der Waals surface area contributed by atoms with Crippen LogP contribution in [0.2, 0.25) is 0 Å². The van der Waals surface area contributed by atoms with E-state index in [-0.39, 0.29) is 5.56 Å². The molecule has 1 aromatic heterocycles. The smallest absolute Gasteiger partial charge is 0.338 e. The van der Waals surface area contributed by atoms with Crippen molar-refractivity contribution in [2.75, 3.05) is 0 Å². The number of hydrogen-bond donors (Lipinski definition) is 0. The minimum atomic E-state index is -0.495. The zero-order chi connectivity index (χ0) is 21.1. The number of nitrogens with zero attached hydrogens (tertiary/aromatic N) is 1. The zero-order valence-electron chi connectivity index (χ0n) is 16.7. The van der Waals surface area contributed by atoms with Gasteiger partial charge in [-0.15, -0.1) is 0 Å². The summed E-state index contributed by atoms with van der Waals surface area (Å²) in [6, 6.07) is 26.6. The highest BCUT2D eigenvalue weighted by Gasteiger charge is 2.14. The molecule has 0 atom stereocenters. The van der Waals surface area contributed by atoms with Gasteiger partial charge in [-0.2, -0.15) is 0 Å². The van der Waals surface area contributed by atoms with Crippen LogP contribution >= 0.6 is 0 Å². The quantitative estimate of drug-likeness (QED) is 0.265. The van der Waals surface area contributed by atoms with Crippen molar-refractivity contribution in [2.24, 2.45) is 0 Å². The van der Waals surface area contributed by atoms with Gasteiger partial charge in [-0.3, -0.25) is 4.79 Å². The molecule has 0 aliphatic carbocycles. The standard InChI is InChI=1S/C26H21NO3/c1-18(2)26(29)30-21-13-14-22-23(20-11-7-4-8-12-20)16-25(28)27(24(22)15-21)17-19-9-5-3-6-10-19/h3-16H,1,17H2,2H3. The van der Waals surface area contributed by atoms with Crippen LogP contribution in [0, 0.1) is 0 Å². The van der Waals surface area contributed by atoms with Gasteiger partial charge in [0.25, 0.3) is 5.56 Å². The first-order valence-electron chi connectivity index (χ1n) is 9.67. The molecule has 4 rings (SSSR count). The highest BCUT2D eigenvalue weighted by Crippen LogP contribution is 2.30. The number of ether oxygens (including phenoxy) is 1. The summed E-state index contributed by atoms with van der Waals surface area (Å²) in [7, 11) is 0. The normalized spacial score (nSPS) is 10.7. The summed E-state index contributed by atoms with van der Waals surface area (Å²) in [5.41, 5.74) is 3.72. The predicted octanol–water partition coefficient (Wildman–Crippen LogP) is 5.20. The van der Waals surface area contributed by atoms with Gasteiger partial charge in [0.15, 0.2) is 0 Å². The van der Waals surface area contributed by atoms with Gasteiger partial charge in [-0.1, -0.05) is 67.2 Å². The minimum Gasteiger partial charge on any atom is -0.423 e. The Morgan fingerprint density at radius 1 is 0.933 bits per heavy atom. The van der Waals surface area contributed by atoms with Crippen molar-refractivity contribution < 1.29 is 9.53 Å². The molecule has 0 aliphatic rings. The summed E-state index contributed by atoms with van der Waals surface area (Å²) in [6.07, 6.45) is 0. The van der Waals surface area contributed by atoms with Crippen LogP contribution < -0.4 is 10.3 Å². The zero-order valence-corrected chi connectivity index (χ0v) is 16.7. The Bertz CT molecular complexity index is 1290. The molecule has 0 bridgehead atoms. The number of carbonyl (C=O) groups is 1. The van der Waals surface area contributed by atoms with E-state index in [9.17, 15) is 9.59 Å². The predicted molar refractivity (Wildman–Crippen MR) is 120 cm³/mol. The van der Waals surface area contributed by atoms with Crippen LogP contribution in [0.3, 0.4) is 0 Å². The van der Waals surface area contributed by atoms with E-state index in [1.165, 1.54) is 0 Å². The Labute approximate surface area is 174 Å². The van der Waals surface area contributed by atoms with Crippen LogP contribution in [-0.4, -0.2) is 10.5 Å². The lowest BCUT2D eigenvalue weighted by molar-refractivity contribution is -0.130. The van der Waals surface area contributed by atoms with Gasteiger partial charge in [0.1, 0.15) is 5.75 Å². The molecule has 0 N–H and O–H groups in total. The third kappa shape index (κ3) is 3.94. The SMILES string of the molecule is C=C(C)C(=O)Oc1ccc2c(-c3ccccc3)cc(=O)n(Cc3ccccc3)c2c1. The summed E-state index contributed by atoms with van der Waals surface area (Å²) >= 11 is 0. The van der Waals surface area contributed by atoms with E-state index >= 15 is 0 Å². The molecule has 0 unspecified atom stereocenters. The van der Waals surface area contributed by atoms with Crippen LogP contribution in [0.5, 0.6) is 5.75 Å². The number of rotatable bonds is 5. The third-order valence-electron chi connectivity index (χ3n) is 4.91. The Kier molecular flexibility index (Phi) is 5.31. The highest BCUT2D eigenvalue weighted by molar-refractivity contribution is 5.96. The molecule has 0 spiro atoms. The molecule has 0 saturated carbocycles. The lowest BCUT2D eigenvalue weighted by atomic mass is 10.0. The van der Waals surface area contributed by atoms with Gasteiger partial charge in [-0.25, -0.2) is 4.79 Å². The van der Waals surface area contributed by atoms with Gasteiger partial charge in [0.05, 0.1) is 12.1 Å². The molecule has 0 amide bonds. The lowest BCUT2D eigenvalue weighted by Crippen LogP contribution is -2.21. The first-order valence-corrected chi connectivity index (χ1v) is 9.67. The van der Waals surface area contributed by atoms with Crippen molar-refractivity contribution in [2.45, 2.75) is 13.5 Å². The molecule has 3 aromatic carbocycles. The number of hydrogen-bond acceptors (Lipinski definition) is 3. The molecule has 4 aromatic rings. The summed E-state index contributed by atoms with van der Waals surface area (Å²) in [5.74, 6) is -0.118. The molecule has 1 heterocycles. The lowest BCUT2D eigenvalue weighted by Gasteiger charge is -2.15. The highest BCUT2D eigenvalue weighted by atomic mass is 16.5. The largest absolute Gasteiger partial charge is 0.423 e. The maximum absolute atomic E-state index is 13.1. The average Bonchev–Trinajstić information content (AvgIpc) is 2.76. The average molecular weight is 395 g/mol. The molecule has 0 aliphatic heterocycles. The van der Waals surface area contributed by atoms with Crippen LogP contribution in [0.1, 0.15) is 12.5 Å². The summed E-state index contributed by atoms with van der Waals surface area (Å²) in [5, 5.41) is 0.909. The van der Waals surface area contributed by atoms with Crippen LogP contribution in [0.25, 0.3) is 22.0 Å². The molecule has 148 valence electrons. The number of carbonyl (C=O) groups excluding carboxylic acids is 1. The van der Waals surface area contributed by atoms with Gasteiger partial charge in [-0.05, 0) is 35.7 Å². The first kappa shape index (κ1) is 19.4. The first-order chi connectivity index (χ1) is 14.5. The van der Waals surface area contributed by atoms with Crippen LogP contribution in [-0.2, 0) is 11.3 Å². The van der Waals surface area contributed by atoms with Gasteiger partial charge in [0.2, 0.25) is 0 Å². The van der Waals surface area contributed by atoms with Crippen molar-refractivity contribution in [3.05, 3.63) is 113 Å². The van der Waals surface area contributed by atoms with Crippen LogP contribution in [0.4, 0.5) is 0 Å². The van der Waals surface area contributed by atoms with E-state index in [1.54, 1.807) is 29.7 Å². The molecule has 4 nitrogen and oxygen atoms in total. The molecule has 30 heavy (non-hydrogen) atoms. The van der Waals surface area contributed by atoms with E-state index in [2.05, 4.69) is 6.58 Å². The van der Waals surface area contributed by atoms with Gasteiger partial charge in [0, 0.05) is 23.1 Å². The molecule has 0 saturated heterocycles. The molecule has 4 heteroatoms. The molecule has 0 radical (unpaired) electrons. The topological polar surface area (TPSA) is 48.3 Å². The molecule has 0 fully saturated rings. The fourth-order valence-corrected chi connectivity index (χ4v) is 3.40. The summed E-state index contributed by atoms with van der Waals surface area (Å²) < 4.78 is 7.12. The monoisotopic (exact) mass is 395 g/mol. The Hall–Kier alpha value is -3.92. The Morgan fingerprint density at radius 3 is 2.27 bits per heavy atom. The van der Waals surface area contributed by atoms with E-state index in [4.69, 9.17) is 4.74 Å². The Balaban J connectivity index is 1.92. The van der Waals surface area contributed by atoms with E-state index in [0.29, 0.717) is 23.4 Å². The number of pyridine rings is 1. The van der Waals surface area contributed by atoms with Crippen molar-refractivity contribution in [3.63, 3.8) is 0 Å². The fraction of sp³-hybridized carbons (Fsp3) is 0.0769. The van der Waals surface area contributed by atoms with E-state index in [0.717, 1.165) is 22.1 Å². The second-order valence-corrected chi connectivity index (χ2v) is 7.18. The maximum atomic E-state index is 13.1. The molecular weight excluding hydrogens is 374 g/mol. The van der Waals surface area contributed by atoms with Gasteiger partial charge < -0.3 is 9.30 Å². The van der Waals surface area contributed by atoms with E-state index < -0.39 is 5.97 Å². The second kappa shape index (κ2) is 8.21. The number of aromatic nitrogens is 1. The van der Waals surface area contributed by atoms with Crippen molar-refractivity contribution in [3.8, 4) is 16.9 Å². The summed E-state index contributed by atoms with van der Waals surface area (Å²) in [4.78, 5) is 25.1. The van der Waals surface area contributed by atoms with Crippen molar-refractivity contribution in [1.82, 2.24) is 4.57 Å². The maximum Gasteiger partial charge on any atom is 0.338 e. The number of esters is 1. The Morgan fingerprint density at radius 2 is 1.60 bits per heavy atom. The van der Waals surface area contributed by atoms with E-state index in [1.807, 2.05) is 66.7 Å². The number of benzene rings is 3. The fourth-order valence-electron chi connectivity index (χ4n) is 3.40.